The summed E-state index contributed by atoms with van der Waals surface area (Å²) in [5.41, 5.74) is 16.1. The molecule has 0 unspecified atom stereocenters. The van der Waals surface area contributed by atoms with Crippen molar-refractivity contribution in [3.63, 3.8) is 0 Å². The molecule has 0 bridgehead atoms. The van der Waals surface area contributed by atoms with E-state index in [9.17, 15) is 26.7 Å². The Morgan fingerprint density at radius 3 is 2.07 bits per heavy atom. The summed E-state index contributed by atoms with van der Waals surface area (Å²) in [5, 5.41) is 0. The Labute approximate surface area is 245 Å². The predicted molar refractivity (Wildman–Crippen MR) is 156 cm³/mol. The molecule has 0 fully saturated rings. The molecule has 5 nitrogen and oxygen atoms in total. The molecule has 0 aliphatic heterocycles. The lowest BCUT2D eigenvalue weighted by molar-refractivity contribution is -0.185. The van der Waals surface area contributed by atoms with E-state index in [0.29, 0.717) is 28.1 Å². The fourth-order valence-electron chi connectivity index (χ4n) is 4.24. The third-order valence-corrected chi connectivity index (χ3v) is 6.44. The van der Waals surface area contributed by atoms with Crippen LogP contribution in [0.25, 0.3) is 17.2 Å². The molecular weight excluding hydrogens is 567 g/mol. The summed E-state index contributed by atoms with van der Waals surface area (Å²) in [6.07, 6.45) is -6.73. The van der Waals surface area contributed by atoms with E-state index in [2.05, 4.69) is 6.92 Å². The first-order valence-electron chi connectivity index (χ1n) is 13.1. The lowest BCUT2D eigenvalue weighted by Gasteiger charge is -2.18. The molecule has 0 heterocycles. The Morgan fingerprint density at radius 2 is 1.44 bits per heavy atom. The zero-order chi connectivity index (χ0) is 31.2. The van der Waals surface area contributed by atoms with Crippen molar-refractivity contribution >= 4 is 23.4 Å². The molecule has 0 aromatic heterocycles. The van der Waals surface area contributed by atoms with Gasteiger partial charge in [0.05, 0.1) is 5.56 Å². The maximum absolute atomic E-state index is 14.6. The van der Waals surface area contributed by atoms with Crippen molar-refractivity contribution in [2.24, 2.45) is 0 Å². The predicted octanol–water partition coefficient (Wildman–Crippen LogP) is 8.08. The highest BCUT2D eigenvalue weighted by atomic mass is 19.4. The van der Waals surface area contributed by atoms with Gasteiger partial charge in [0, 0.05) is 23.9 Å². The molecule has 4 N–H and O–H groups in total. The number of hydrogen-bond acceptors (Lipinski definition) is 5. The van der Waals surface area contributed by atoms with Crippen molar-refractivity contribution in [1.82, 2.24) is 0 Å². The Hall–Kier alpha value is -4.86. The van der Waals surface area contributed by atoms with Crippen LogP contribution in [-0.2, 0) is 28.7 Å². The number of hydrogen-bond donors (Lipinski definition) is 2. The number of ether oxygens (including phenoxy) is 2. The van der Waals surface area contributed by atoms with E-state index >= 15 is 0 Å². The number of rotatable bonds is 10. The first-order chi connectivity index (χ1) is 20.3. The number of carbonyl (C=O) groups excluding carboxylic acids is 1. The summed E-state index contributed by atoms with van der Waals surface area (Å²) in [4.78, 5) is 12.4. The molecule has 0 aliphatic rings. The van der Waals surface area contributed by atoms with Gasteiger partial charge in [-0.25, -0.2) is 4.79 Å². The topological polar surface area (TPSA) is 87.6 Å². The van der Waals surface area contributed by atoms with E-state index < -0.39 is 30.2 Å². The van der Waals surface area contributed by atoms with Crippen LogP contribution in [0.3, 0.4) is 0 Å². The third-order valence-electron chi connectivity index (χ3n) is 6.44. The summed E-state index contributed by atoms with van der Waals surface area (Å²) in [6.45, 7) is 3.97. The van der Waals surface area contributed by atoms with Crippen molar-refractivity contribution in [1.29, 1.82) is 0 Å². The van der Waals surface area contributed by atoms with Gasteiger partial charge in [0.25, 0.3) is 0 Å². The Bertz CT molecular complexity index is 1600. The second-order valence-electron chi connectivity index (χ2n) is 9.77. The number of nitrogens with two attached hydrogens (primary N) is 2. The van der Waals surface area contributed by atoms with Gasteiger partial charge in [-0.2, -0.15) is 22.0 Å². The van der Waals surface area contributed by atoms with E-state index in [0.717, 1.165) is 23.3 Å². The van der Waals surface area contributed by atoms with Crippen LogP contribution in [0.4, 0.5) is 33.3 Å². The first kappa shape index (κ1) is 31.1. The quantitative estimate of drug-likeness (QED) is 0.0838. The van der Waals surface area contributed by atoms with Gasteiger partial charge in [-0.1, -0.05) is 36.4 Å². The van der Waals surface area contributed by atoms with Crippen LogP contribution in [0, 0.1) is 6.92 Å². The molecule has 0 saturated carbocycles. The maximum Gasteiger partial charge on any atom is 0.426 e. The van der Waals surface area contributed by atoms with Crippen LogP contribution >= 0.6 is 0 Å². The second-order valence-corrected chi connectivity index (χ2v) is 9.77. The molecule has 4 rings (SSSR count). The van der Waals surface area contributed by atoms with E-state index in [4.69, 9.17) is 20.9 Å². The molecule has 1 radical (unpaired) electrons. The molecule has 0 atom stereocenters. The van der Waals surface area contributed by atoms with Crippen LogP contribution in [-0.4, -0.2) is 12.1 Å². The van der Waals surface area contributed by atoms with Gasteiger partial charge in [0.15, 0.2) is 0 Å². The van der Waals surface area contributed by atoms with Gasteiger partial charge >= 0.3 is 18.3 Å². The van der Waals surface area contributed by atoms with Crippen molar-refractivity contribution in [3.05, 3.63) is 126 Å². The van der Waals surface area contributed by atoms with Crippen LogP contribution in [0.15, 0.2) is 91.0 Å². The molecule has 10 heteroatoms. The minimum absolute atomic E-state index is 0.0570. The van der Waals surface area contributed by atoms with E-state index in [1.54, 1.807) is 24.3 Å². The average Bonchev–Trinajstić information content (AvgIpc) is 2.95. The van der Waals surface area contributed by atoms with Crippen molar-refractivity contribution in [2.75, 3.05) is 11.5 Å². The fraction of sp³-hybridized carbons (Fsp3) is 0.152. The number of nitrogen functional groups attached to an aromatic ring is 2. The van der Waals surface area contributed by atoms with Gasteiger partial charge in [-0.15, -0.1) is 0 Å². The number of halogens is 5. The average molecular weight is 596 g/mol. The van der Waals surface area contributed by atoms with Crippen molar-refractivity contribution in [2.45, 2.75) is 31.7 Å². The standard InChI is InChI=1S/C33H28F5N2O3/c1-21-18-26(39)9-13-29(21)30-14-10-27(40)19-24(30)20-42-31(41)15-6-22-4-11-28(12-5-22)43-33(37,38)25-7-2-23(3-8-25)16-17-32(34,35)36/h2-15,18-19H,1,16-17,20,39-40H2/b15-6+. The Morgan fingerprint density at radius 1 is 0.814 bits per heavy atom. The molecule has 223 valence electrons. The second kappa shape index (κ2) is 13.0. The van der Waals surface area contributed by atoms with Gasteiger partial charge in [-0.05, 0) is 101 Å². The zero-order valence-electron chi connectivity index (χ0n) is 22.8. The van der Waals surface area contributed by atoms with E-state index in [1.165, 1.54) is 48.6 Å². The number of esters is 1. The van der Waals surface area contributed by atoms with Gasteiger partial charge in [0.1, 0.15) is 12.4 Å². The molecule has 0 spiro atoms. The first-order valence-corrected chi connectivity index (χ1v) is 13.1. The summed E-state index contributed by atoms with van der Waals surface area (Å²) in [7, 11) is 0. The molecule has 43 heavy (non-hydrogen) atoms. The normalized spacial score (nSPS) is 12.0. The van der Waals surface area contributed by atoms with Crippen LogP contribution in [0.2, 0.25) is 0 Å². The van der Waals surface area contributed by atoms with Crippen molar-refractivity contribution in [3.8, 4) is 16.9 Å². The lowest BCUT2D eigenvalue weighted by Crippen LogP contribution is -2.21. The number of anilines is 2. The minimum atomic E-state index is -4.33. The SMILES string of the molecule is [CH2]c1cc(N)ccc1-c1ccc(N)cc1COC(=O)/C=C/c1ccc(OC(F)(F)c2ccc(CCC(F)(F)F)cc2)cc1. The van der Waals surface area contributed by atoms with Crippen LogP contribution < -0.4 is 16.2 Å². The van der Waals surface area contributed by atoms with Crippen molar-refractivity contribution < 1.29 is 36.2 Å². The molecule has 0 aliphatic carbocycles. The monoisotopic (exact) mass is 595 g/mol. The molecule has 0 saturated heterocycles. The lowest BCUT2D eigenvalue weighted by atomic mass is 9.95. The van der Waals surface area contributed by atoms with Gasteiger partial charge < -0.3 is 20.9 Å². The number of aryl methyl sites for hydroxylation is 1. The largest absolute Gasteiger partial charge is 0.458 e. The molecular formula is C33H28F5N2O3. The number of benzene rings is 4. The van der Waals surface area contributed by atoms with Crippen LogP contribution in [0.5, 0.6) is 5.75 Å². The van der Waals surface area contributed by atoms with E-state index in [-0.39, 0.29) is 24.3 Å². The minimum Gasteiger partial charge on any atom is -0.458 e. The maximum atomic E-state index is 14.6. The fourth-order valence-corrected chi connectivity index (χ4v) is 4.24. The molecule has 4 aromatic carbocycles. The molecule has 4 aromatic rings. The summed E-state index contributed by atoms with van der Waals surface area (Å²) in [6, 6.07) is 20.6. The summed E-state index contributed by atoms with van der Waals surface area (Å²) >= 11 is 0. The van der Waals surface area contributed by atoms with Crippen LogP contribution in [0.1, 0.15) is 34.2 Å². The Kier molecular flexibility index (Phi) is 9.38. The number of carbonyl (C=O) groups is 1. The summed E-state index contributed by atoms with van der Waals surface area (Å²) < 4.78 is 76.7. The van der Waals surface area contributed by atoms with E-state index in [1.807, 2.05) is 12.1 Å². The summed E-state index contributed by atoms with van der Waals surface area (Å²) in [5.74, 6) is -0.779. The highest BCUT2D eigenvalue weighted by molar-refractivity contribution is 5.87. The molecule has 0 amide bonds. The highest BCUT2D eigenvalue weighted by Gasteiger charge is 2.34. The zero-order valence-corrected chi connectivity index (χ0v) is 22.8. The Balaban J connectivity index is 1.34. The third kappa shape index (κ3) is 8.81. The van der Waals surface area contributed by atoms with Gasteiger partial charge in [-0.3, -0.25) is 0 Å². The highest BCUT2D eigenvalue weighted by Crippen LogP contribution is 2.33. The smallest absolute Gasteiger partial charge is 0.426 e. The van der Waals surface area contributed by atoms with Gasteiger partial charge in [0.2, 0.25) is 0 Å². The number of alkyl halides is 5.